The van der Waals surface area contributed by atoms with E-state index in [0.29, 0.717) is 17.5 Å². The Labute approximate surface area is 162 Å². The summed E-state index contributed by atoms with van der Waals surface area (Å²) < 4.78 is 10.3. The smallest absolute Gasteiger partial charge is 0.246 e. The number of nitrogens with one attached hydrogen (secondary N) is 1. The normalized spacial score (nSPS) is 10.6. The molecule has 0 atom stereocenters. The number of amides is 1. The highest BCUT2D eigenvalue weighted by atomic mass is 32.2. The molecule has 0 spiro atoms. The lowest BCUT2D eigenvalue weighted by Crippen LogP contribution is -2.24. The quantitative estimate of drug-likeness (QED) is 0.640. The molecule has 27 heavy (non-hydrogen) atoms. The van der Waals surface area contributed by atoms with E-state index < -0.39 is 0 Å². The fourth-order valence-electron chi connectivity index (χ4n) is 2.43. The predicted octanol–water partition coefficient (Wildman–Crippen LogP) is 3.60. The number of hydrogen-bond acceptors (Lipinski definition) is 6. The van der Waals surface area contributed by atoms with Crippen LogP contribution in [0.2, 0.25) is 0 Å². The molecule has 3 rings (SSSR count). The summed E-state index contributed by atoms with van der Waals surface area (Å²) in [5.41, 5.74) is 3.31. The second kappa shape index (κ2) is 9.23. The molecule has 1 N–H and O–H groups in total. The van der Waals surface area contributed by atoms with Gasteiger partial charge in [0.2, 0.25) is 17.6 Å². The van der Waals surface area contributed by atoms with Crippen LogP contribution in [0.15, 0.2) is 53.1 Å². The second-order valence-corrected chi connectivity index (χ2v) is 6.92. The fourth-order valence-corrected chi connectivity index (χ4v) is 3.37. The van der Waals surface area contributed by atoms with E-state index in [2.05, 4.69) is 34.5 Å². The molecule has 2 aromatic carbocycles. The van der Waals surface area contributed by atoms with Crippen LogP contribution < -0.4 is 10.1 Å². The molecule has 0 radical (unpaired) electrons. The number of ether oxygens (including phenoxy) is 1. The van der Waals surface area contributed by atoms with Gasteiger partial charge in [-0.3, -0.25) is 4.79 Å². The number of carbonyl (C=O) groups is 1. The van der Waals surface area contributed by atoms with E-state index in [0.717, 1.165) is 17.1 Å². The lowest BCUT2D eigenvalue weighted by molar-refractivity contribution is -0.118. The van der Waals surface area contributed by atoms with Crippen molar-refractivity contribution < 1.29 is 14.1 Å². The summed E-state index contributed by atoms with van der Waals surface area (Å²) >= 11 is 1.58. The molecule has 7 heteroatoms. The molecule has 0 aliphatic carbocycles. The molecule has 0 fully saturated rings. The van der Waals surface area contributed by atoms with E-state index in [1.54, 1.807) is 18.9 Å². The minimum Gasteiger partial charge on any atom is -0.497 e. The molecule has 140 valence electrons. The van der Waals surface area contributed by atoms with E-state index >= 15 is 0 Å². The van der Waals surface area contributed by atoms with Gasteiger partial charge in [0.25, 0.3) is 0 Å². The number of methoxy groups -OCH3 is 1. The van der Waals surface area contributed by atoms with Crippen LogP contribution in [0, 0.1) is 6.92 Å². The molecule has 1 amide bonds. The van der Waals surface area contributed by atoms with Crippen LogP contribution in [-0.2, 0) is 17.1 Å². The Morgan fingerprint density at radius 3 is 2.70 bits per heavy atom. The first-order valence-corrected chi connectivity index (χ1v) is 9.67. The molecule has 0 saturated carbocycles. The number of benzene rings is 2. The van der Waals surface area contributed by atoms with Gasteiger partial charge in [-0.05, 0) is 42.3 Å². The molecular weight excluding hydrogens is 362 g/mol. The van der Waals surface area contributed by atoms with Crippen molar-refractivity contribution in [2.24, 2.45) is 0 Å². The summed E-state index contributed by atoms with van der Waals surface area (Å²) in [6.45, 7) is 2.29. The van der Waals surface area contributed by atoms with Gasteiger partial charge in [-0.2, -0.15) is 4.98 Å². The van der Waals surface area contributed by atoms with Gasteiger partial charge in [0.15, 0.2) is 0 Å². The van der Waals surface area contributed by atoms with Gasteiger partial charge in [-0.1, -0.05) is 29.4 Å². The Morgan fingerprint density at radius 2 is 1.96 bits per heavy atom. The summed E-state index contributed by atoms with van der Waals surface area (Å²) in [7, 11) is 1.61. The fraction of sp³-hybridized carbons (Fsp3) is 0.250. The summed E-state index contributed by atoms with van der Waals surface area (Å²) in [6, 6.07) is 15.6. The molecule has 1 aromatic heterocycles. The maximum atomic E-state index is 12.0. The SMILES string of the molecule is COc1ccc(-c2noc(CNC(=O)CSCc3ccccc3C)n2)cc1. The highest BCUT2D eigenvalue weighted by Gasteiger charge is 2.10. The summed E-state index contributed by atoms with van der Waals surface area (Å²) in [5, 5.41) is 6.75. The van der Waals surface area contributed by atoms with Crippen LogP contribution in [0.3, 0.4) is 0 Å². The largest absolute Gasteiger partial charge is 0.497 e. The Bertz CT molecular complexity index is 893. The van der Waals surface area contributed by atoms with Crippen LogP contribution in [0.25, 0.3) is 11.4 Å². The first-order chi connectivity index (χ1) is 13.2. The minimum absolute atomic E-state index is 0.0576. The van der Waals surface area contributed by atoms with E-state index in [1.165, 1.54) is 11.1 Å². The molecule has 0 aliphatic heterocycles. The summed E-state index contributed by atoms with van der Waals surface area (Å²) in [5.74, 6) is 2.75. The van der Waals surface area contributed by atoms with Crippen molar-refractivity contribution >= 4 is 17.7 Å². The third kappa shape index (κ3) is 5.34. The highest BCUT2D eigenvalue weighted by Crippen LogP contribution is 2.20. The number of aromatic nitrogens is 2. The van der Waals surface area contributed by atoms with Crippen molar-refractivity contribution in [3.05, 3.63) is 65.5 Å². The maximum Gasteiger partial charge on any atom is 0.246 e. The first kappa shape index (κ1) is 19.0. The van der Waals surface area contributed by atoms with Crippen molar-refractivity contribution in [2.75, 3.05) is 12.9 Å². The Morgan fingerprint density at radius 1 is 1.19 bits per heavy atom. The topological polar surface area (TPSA) is 77.3 Å². The number of rotatable bonds is 8. The molecular formula is C20H21N3O3S. The van der Waals surface area contributed by atoms with Crippen molar-refractivity contribution in [3.63, 3.8) is 0 Å². The zero-order valence-corrected chi connectivity index (χ0v) is 16.1. The molecule has 0 bridgehead atoms. The van der Waals surface area contributed by atoms with Gasteiger partial charge in [0.1, 0.15) is 5.75 Å². The van der Waals surface area contributed by atoms with E-state index in [9.17, 15) is 4.79 Å². The molecule has 3 aromatic rings. The second-order valence-electron chi connectivity index (χ2n) is 5.94. The van der Waals surface area contributed by atoms with Crippen molar-refractivity contribution in [2.45, 2.75) is 19.2 Å². The van der Waals surface area contributed by atoms with Gasteiger partial charge in [-0.25, -0.2) is 0 Å². The first-order valence-electron chi connectivity index (χ1n) is 8.51. The number of thioether (sulfide) groups is 1. The van der Waals surface area contributed by atoms with E-state index in [-0.39, 0.29) is 12.5 Å². The number of carbonyl (C=O) groups excluding carboxylic acids is 1. The van der Waals surface area contributed by atoms with Gasteiger partial charge >= 0.3 is 0 Å². The van der Waals surface area contributed by atoms with Crippen LogP contribution in [-0.4, -0.2) is 28.9 Å². The average Bonchev–Trinajstić information content (AvgIpc) is 3.17. The van der Waals surface area contributed by atoms with Crippen LogP contribution in [0.4, 0.5) is 0 Å². The van der Waals surface area contributed by atoms with Gasteiger partial charge in [-0.15, -0.1) is 11.8 Å². The highest BCUT2D eigenvalue weighted by molar-refractivity contribution is 7.99. The van der Waals surface area contributed by atoms with E-state index in [1.807, 2.05) is 36.4 Å². The predicted molar refractivity (Wildman–Crippen MR) is 105 cm³/mol. The zero-order valence-electron chi connectivity index (χ0n) is 15.3. The standard InChI is InChI=1S/C20H21N3O3S/c1-14-5-3-4-6-16(14)12-27-13-18(24)21-11-19-22-20(23-26-19)15-7-9-17(25-2)10-8-15/h3-10H,11-13H2,1-2H3,(H,21,24). The molecule has 0 saturated heterocycles. The molecule has 1 heterocycles. The van der Waals surface area contributed by atoms with Gasteiger partial charge in [0, 0.05) is 11.3 Å². The zero-order chi connectivity index (χ0) is 19.1. The van der Waals surface area contributed by atoms with Crippen molar-refractivity contribution in [3.8, 4) is 17.1 Å². The third-order valence-electron chi connectivity index (χ3n) is 4.01. The molecule has 0 aliphatic rings. The summed E-state index contributed by atoms with van der Waals surface area (Å²) in [4.78, 5) is 16.3. The minimum atomic E-state index is -0.0576. The van der Waals surface area contributed by atoms with E-state index in [4.69, 9.17) is 9.26 Å². The Hall–Kier alpha value is -2.80. The lowest BCUT2D eigenvalue weighted by Gasteiger charge is -2.05. The van der Waals surface area contributed by atoms with Crippen molar-refractivity contribution in [1.82, 2.24) is 15.5 Å². The monoisotopic (exact) mass is 383 g/mol. The van der Waals surface area contributed by atoms with Gasteiger partial charge in [0.05, 0.1) is 19.4 Å². The average molecular weight is 383 g/mol. The van der Waals surface area contributed by atoms with Crippen LogP contribution >= 0.6 is 11.8 Å². The number of aryl methyl sites for hydroxylation is 1. The Balaban J connectivity index is 1.45. The van der Waals surface area contributed by atoms with Crippen LogP contribution in [0.5, 0.6) is 5.75 Å². The number of nitrogens with zero attached hydrogens (tertiary/aromatic N) is 2. The van der Waals surface area contributed by atoms with Crippen molar-refractivity contribution in [1.29, 1.82) is 0 Å². The van der Waals surface area contributed by atoms with Crippen LogP contribution in [0.1, 0.15) is 17.0 Å². The molecule has 0 unspecified atom stereocenters. The Kier molecular flexibility index (Phi) is 6.49. The third-order valence-corrected chi connectivity index (χ3v) is 4.99. The summed E-state index contributed by atoms with van der Waals surface area (Å²) in [6.07, 6.45) is 0. The van der Waals surface area contributed by atoms with Gasteiger partial charge < -0.3 is 14.6 Å². The number of hydrogen-bond donors (Lipinski definition) is 1. The maximum absolute atomic E-state index is 12.0. The lowest BCUT2D eigenvalue weighted by atomic mass is 10.1. The molecule has 6 nitrogen and oxygen atoms in total.